The van der Waals surface area contributed by atoms with E-state index in [1.807, 2.05) is 6.92 Å². The number of hydrogen-bond donors (Lipinski definition) is 1. The van der Waals surface area contributed by atoms with Gasteiger partial charge in [0.1, 0.15) is 0 Å². The Labute approximate surface area is 191 Å². The molecule has 0 aliphatic heterocycles. The lowest BCUT2D eigenvalue weighted by Gasteiger charge is -2.17. The van der Waals surface area contributed by atoms with Crippen molar-refractivity contribution in [3.8, 4) is 0 Å². The number of aryl methyl sites for hydroxylation is 1. The number of nitrogens with one attached hydrogen (secondary N) is 1. The Morgan fingerprint density at radius 3 is 2.21 bits per heavy atom. The fourth-order valence-corrected chi connectivity index (χ4v) is 4.06. The molecule has 1 N–H and O–H groups in total. The third-order valence-corrected chi connectivity index (χ3v) is 6.65. The smallest absolute Gasteiger partial charge is 0.267 e. The Balaban J connectivity index is 1.59. The van der Waals surface area contributed by atoms with Crippen LogP contribution in [0.4, 0.5) is 5.69 Å². The molecule has 0 radical (unpaired) electrons. The largest absolute Gasteiger partial charge is 0.271 e. The van der Waals surface area contributed by atoms with Gasteiger partial charge in [-0.1, -0.05) is 29.8 Å². The number of amides is 1. The summed E-state index contributed by atoms with van der Waals surface area (Å²) in [6.07, 6.45) is 1.38. The molecular formula is C23H22N4O5S. The number of nitro groups is 1. The highest BCUT2D eigenvalue weighted by molar-refractivity contribution is 7.89. The van der Waals surface area contributed by atoms with Crippen LogP contribution in [0.1, 0.15) is 27.0 Å². The highest BCUT2D eigenvalue weighted by atomic mass is 32.2. The molecule has 0 aliphatic carbocycles. The summed E-state index contributed by atoms with van der Waals surface area (Å²) in [5.74, 6) is -0.444. The molecule has 0 fully saturated rings. The van der Waals surface area contributed by atoms with E-state index in [0.29, 0.717) is 11.1 Å². The summed E-state index contributed by atoms with van der Waals surface area (Å²) in [5, 5.41) is 14.5. The summed E-state index contributed by atoms with van der Waals surface area (Å²) < 4.78 is 26.7. The summed E-state index contributed by atoms with van der Waals surface area (Å²) in [6, 6.07) is 18.9. The van der Waals surface area contributed by atoms with Gasteiger partial charge < -0.3 is 0 Å². The van der Waals surface area contributed by atoms with Gasteiger partial charge in [-0.15, -0.1) is 0 Å². The minimum atomic E-state index is -3.63. The number of hydrogen-bond acceptors (Lipinski definition) is 6. The van der Waals surface area contributed by atoms with Gasteiger partial charge in [0.15, 0.2) is 0 Å². The van der Waals surface area contributed by atoms with Crippen molar-refractivity contribution in [2.45, 2.75) is 18.4 Å². The lowest BCUT2D eigenvalue weighted by atomic mass is 10.1. The zero-order valence-corrected chi connectivity index (χ0v) is 18.8. The second-order valence-corrected chi connectivity index (χ2v) is 9.36. The fraction of sp³-hybridized carbons (Fsp3) is 0.130. The van der Waals surface area contributed by atoms with Crippen LogP contribution in [0, 0.1) is 17.0 Å². The predicted molar refractivity (Wildman–Crippen MR) is 124 cm³/mol. The second-order valence-electron chi connectivity index (χ2n) is 7.32. The maximum atomic E-state index is 12.7. The molecule has 0 aliphatic rings. The quantitative estimate of drug-likeness (QED) is 0.309. The van der Waals surface area contributed by atoms with Gasteiger partial charge in [-0.05, 0) is 54.4 Å². The van der Waals surface area contributed by atoms with E-state index in [1.54, 1.807) is 48.5 Å². The minimum Gasteiger partial charge on any atom is -0.267 e. The van der Waals surface area contributed by atoms with Gasteiger partial charge in [0.05, 0.1) is 16.0 Å². The summed E-state index contributed by atoms with van der Waals surface area (Å²) in [7, 11) is -2.13. The second kappa shape index (κ2) is 10.2. The summed E-state index contributed by atoms with van der Waals surface area (Å²) in [5.41, 5.74) is 4.99. The van der Waals surface area contributed by atoms with Gasteiger partial charge in [0.25, 0.3) is 11.6 Å². The topological polar surface area (TPSA) is 122 Å². The van der Waals surface area contributed by atoms with Crippen molar-refractivity contribution in [3.63, 3.8) is 0 Å². The van der Waals surface area contributed by atoms with Gasteiger partial charge >= 0.3 is 0 Å². The zero-order valence-electron chi connectivity index (χ0n) is 18.0. The number of benzene rings is 3. The van der Waals surface area contributed by atoms with Crippen LogP contribution < -0.4 is 5.43 Å². The van der Waals surface area contributed by atoms with Crippen molar-refractivity contribution >= 4 is 27.8 Å². The van der Waals surface area contributed by atoms with Crippen LogP contribution in [0.5, 0.6) is 0 Å². The number of hydrazone groups is 1. The van der Waals surface area contributed by atoms with Crippen LogP contribution in [0.3, 0.4) is 0 Å². The van der Waals surface area contributed by atoms with Gasteiger partial charge in [-0.3, -0.25) is 14.9 Å². The summed E-state index contributed by atoms with van der Waals surface area (Å²) >= 11 is 0. The maximum Gasteiger partial charge on any atom is 0.271 e. The molecule has 0 saturated carbocycles. The Morgan fingerprint density at radius 2 is 1.64 bits per heavy atom. The third kappa shape index (κ3) is 6.09. The standard InChI is InChI=1S/C23H22N4O5S/c1-17-3-13-22(14-4-17)33(31,32)26(2)16-19-5-9-20(10-6-19)23(28)25-24-15-18-7-11-21(12-8-18)27(29)30/h3-15H,16H2,1-2H3,(H,25,28). The molecule has 0 unspecified atom stereocenters. The van der Waals surface area contributed by atoms with Gasteiger partial charge in [0, 0.05) is 31.3 Å². The number of carbonyl (C=O) groups is 1. The number of non-ortho nitro benzene ring substituents is 1. The van der Waals surface area contributed by atoms with Crippen molar-refractivity contribution in [2.24, 2.45) is 5.10 Å². The van der Waals surface area contributed by atoms with E-state index in [0.717, 1.165) is 11.1 Å². The van der Waals surface area contributed by atoms with Crippen LogP contribution in [0.15, 0.2) is 82.8 Å². The summed E-state index contributed by atoms with van der Waals surface area (Å²) in [4.78, 5) is 22.6. The molecule has 170 valence electrons. The third-order valence-electron chi connectivity index (χ3n) is 4.83. The molecule has 3 aromatic carbocycles. The molecule has 10 heteroatoms. The Hall–Kier alpha value is -3.89. The van der Waals surface area contributed by atoms with Crippen molar-refractivity contribution in [1.82, 2.24) is 9.73 Å². The predicted octanol–water partition coefficient (Wildman–Crippen LogP) is 3.49. The van der Waals surface area contributed by atoms with Crippen LogP contribution >= 0.6 is 0 Å². The number of nitro benzene ring substituents is 1. The lowest BCUT2D eigenvalue weighted by molar-refractivity contribution is -0.384. The van der Waals surface area contributed by atoms with Crippen LogP contribution in [-0.4, -0.2) is 36.8 Å². The number of sulfonamides is 1. The Morgan fingerprint density at radius 1 is 1.03 bits per heavy atom. The fourth-order valence-electron chi connectivity index (χ4n) is 2.91. The molecule has 0 aromatic heterocycles. The summed E-state index contributed by atoms with van der Waals surface area (Å²) in [6.45, 7) is 2.04. The van der Waals surface area contributed by atoms with Crippen LogP contribution in [-0.2, 0) is 16.6 Å². The molecule has 33 heavy (non-hydrogen) atoms. The number of rotatable bonds is 8. The van der Waals surface area contributed by atoms with Crippen molar-refractivity contribution in [2.75, 3.05) is 7.05 Å². The maximum absolute atomic E-state index is 12.7. The first kappa shape index (κ1) is 23.8. The van der Waals surface area contributed by atoms with E-state index < -0.39 is 20.9 Å². The highest BCUT2D eigenvalue weighted by Gasteiger charge is 2.20. The van der Waals surface area contributed by atoms with Crippen LogP contribution in [0.25, 0.3) is 0 Å². The van der Waals surface area contributed by atoms with E-state index in [1.165, 1.54) is 41.8 Å². The van der Waals surface area contributed by atoms with Crippen molar-refractivity contribution in [3.05, 3.63) is 105 Å². The average molecular weight is 467 g/mol. The molecule has 0 atom stereocenters. The number of carbonyl (C=O) groups excluding carboxylic acids is 1. The monoisotopic (exact) mass is 466 g/mol. The molecule has 0 spiro atoms. The molecule has 3 aromatic rings. The van der Waals surface area contributed by atoms with Crippen molar-refractivity contribution < 1.29 is 18.1 Å². The van der Waals surface area contributed by atoms with E-state index in [4.69, 9.17) is 0 Å². The minimum absolute atomic E-state index is 0.0337. The lowest BCUT2D eigenvalue weighted by Crippen LogP contribution is -2.26. The van der Waals surface area contributed by atoms with Crippen LogP contribution in [0.2, 0.25) is 0 Å². The molecular weight excluding hydrogens is 444 g/mol. The van der Waals surface area contributed by atoms with E-state index >= 15 is 0 Å². The average Bonchev–Trinajstić information content (AvgIpc) is 2.80. The van der Waals surface area contributed by atoms with Gasteiger partial charge in [0.2, 0.25) is 10.0 Å². The normalized spacial score (nSPS) is 11.6. The first-order valence-corrected chi connectivity index (χ1v) is 11.3. The SMILES string of the molecule is Cc1ccc(S(=O)(=O)N(C)Cc2ccc(C(=O)NN=Cc3ccc([N+](=O)[O-])cc3)cc2)cc1. The Kier molecular flexibility index (Phi) is 7.31. The molecule has 9 nitrogen and oxygen atoms in total. The molecule has 0 saturated heterocycles. The molecule has 1 amide bonds. The van der Waals surface area contributed by atoms with Gasteiger partial charge in [-0.2, -0.15) is 9.41 Å². The highest BCUT2D eigenvalue weighted by Crippen LogP contribution is 2.18. The zero-order chi connectivity index (χ0) is 24.0. The Bertz CT molecular complexity index is 1270. The van der Waals surface area contributed by atoms with E-state index in [9.17, 15) is 23.3 Å². The van der Waals surface area contributed by atoms with E-state index in [2.05, 4.69) is 10.5 Å². The first-order valence-electron chi connectivity index (χ1n) is 9.86. The van der Waals surface area contributed by atoms with Crippen molar-refractivity contribution in [1.29, 1.82) is 0 Å². The van der Waals surface area contributed by atoms with Gasteiger partial charge in [-0.25, -0.2) is 13.8 Å². The molecule has 0 bridgehead atoms. The van der Waals surface area contributed by atoms with E-state index in [-0.39, 0.29) is 17.1 Å². The molecule has 3 rings (SSSR count). The molecule has 0 heterocycles. The number of nitrogens with zero attached hydrogens (tertiary/aromatic N) is 3. The first-order chi connectivity index (χ1) is 15.7.